The van der Waals surface area contributed by atoms with E-state index in [2.05, 4.69) is 4.90 Å². The lowest BCUT2D eigenvalue weighted by atomic mass is 10.1. The van der Waals surface area contributed by atoms with E-state index in [1.54, 1.807) is 0 Å². The normalized spacial score (nSPS) is 25.4. The first kappa shape index (κ1) is 20.8. The molecule has 29 heavy (non-hydrogen) atoms. The first-order chi connectivity index (χ1) is 14.0. The molecule has 0 saturated carbocycles. The molecule has 3 fully saturated rings. The fourth-order valence-electron chi connectivity index (χ4n) is 4.78. The Hall–Kier alpha value is -1.48. The second kappa shape index (κ2) is 9.12. The molecule has 4 rings (SSSR count). The van der Waals surface area contributed by atoms with E-state index in [1.807, 2.05) is 35.2 Å². The van der Waals surface area contributed by atoms with Gasteiger partial charge in [0.2, 0.25) is 15.9 Å². The Bertz CT molecular complexity index is 787. The molecule has 3 aliphatic rings. The first-order valence-corrected chi connectivity index (χ1v) is 12.3. The molecule has 160 valence electrons. The van der Waals surface area contributed by atoms with Gasteiger partial charge in [-0.25, -0.2) is 8.42 Å². The quantitative estimate of drug-likeness (QED) is 0.717. The summed E-state index contributed by atoms with van der Waals surface area (Å²) in [7, 11) is -3.36. The maximum absolute atomic E-state index is 13.2. The number of piperazine rings is 1. The van der Waals surface area contributed by atoms with Crippen LogP contribution in [0, 0.1) is 0 Å². The van der Waals surface area contributed by atoms with Gasteiger partial charge in [-0.2, -0.15) is 4.31 Å². The number of hydrogen-bond acceptors (Lipinski definition) is 5. The molecule has 3 heterocycles. The van der Waals surface area contributed by atoms with Crippen LogP contribution in [0.1, 0.15) is 31.2 Å². The van der Waals surface area contributed by atoms with Gasteiger partial charge in [0.1, 0.15) is 0 Å². The van der Waals surface area contributed by atoms with E-state index in [4.69, 9.17) is 4.74 Å². The average molecular weight is 422 g/mol. The topological polar surface area (TPSA) is 70.2 Å². The SMILES string of the molecule is O=C(C1CCCN1C1CCOCC1)N1CCN(S(=O)(=O)Cc2ccccc2)CC1. The van der Waals surface area contributed by atoms with E-state index in [-0.39, 0.29) is 17.7 Å². The third-order valence-electron chi connectivity index (χ3n) is 6.37. The molecule has 1 unspecified atom stereocenters. The summed E-state index contributed by atoms with van der Waals surface area (Å²) in [5.41, 5.74) is 0.795. The molecule has 0 aliphatic carbocycles. The third kappa shape index (κ3) is 4.82. The van der Waals surface area contributed by atoms with Crippen molar-refractivity contribution in [3.05, 3.63) is 35.9 Å². The van der Waals surface area contributed by atoms with E-state index < -0.39 is 10.0 Å². The van der Waals surface area contributed by atoms with Crippen LogP contribution in [0.5, 0.6) is 0 Å². The molecular weight excluding hydrogens is 390 g/mol. The Morgan fingerprint density at radius 3 is 2.34 bits per heavy atom. The Labute approximate surface area is 173 Å². The number of carbonyl (C=O) groups excluding carboxylic acids is 1. The molecule has 0 radical (unpaired) electrons. The van der Waals surface area contributed by atoms with Crippen molar-refractivity contribution in [1.82, 2.24) is 14.1 Å². The van der Waals surface area contributed by atoms with E-state index in [9.17, 15) is 13.2 Å². The maximum Gasteiger partial charge on any atom is 0.240 e. The molecule has 1 atom stereocenters. The molecule has 1 aromatic rings. The van der Waals surface area contributed by atoms with Crippen LogP contribution in [0.4, 0.5) is 0 Å². The number of hydrogen-bond donors (Lipinski definition) is 0. The molecule has 3 saturated heterocycles. The average Bonchev–Trinajstić information content (AvgIpc) is 3.24. The number of sulfonamides is 1. The van der Waals surface area contributed by atoms with Crippen LogP contribution >= 0.6 is 0 Å². The second-order valence-electron chi connectivity index (χ2n) is 8.21. The predicted molar refractivity (Wildman–Crippen MR) is 111 cm³/mol. The van der Waals surface area contributed by atoms with Gasteiger partial charge < -0.3 is 9.64 Å². The van der Waals surface area contributed by atoms with Crippen molar-refractivity contribution in [3.63, 3.8) is 0 Å². The van der Waals surface area contributed by atoms with E-state index >= 15 is 0 Å². The van der Waals surface area contributed by atoms with Crippen molar-refractivity contribution in [2.45, 2.75) is 43.5 Å². The van der Waals surface area contributed by atoms with Crippen molar-refractivity contribution < 1.29 is 17.9 Å². The van der Waals surface area contributed by atoms with Gasteiger partial charge in [-0.05, 0) is 37.8 Å². The van der Waals surface area contributed by atoms with Crippen LogP contribution in [-0.4, -0.2) is 86.5 Å². The summed E-state index contributed by atoms with van der Waals surface area (Å²) in [4.78, 5) is 17.4. The minimum Gasteiger partial charge on any atom is -0.381 e. The van der Waals surface area contributed by atoms with Crippen LogP contribution < -0.4 is 0 Å². The summed E-state index contributed by atoms with van der Waals surface area (Å²) in [6.07, 6.45) is 3.95. The molecule has 3 aliphatic heterocycles. The number of amides is 1. The van der Waals surface area contributed by atoms with E-state index in [1.165, 1.54) is 4.31 Å². The fourth-order valence-corrected chi connectivity index (χ4v) is 6.30. The summed E-state index contributed by atoms with van der Waals surface area (Å²) in [6, 6.07) is 9.65. The molecule has 0 bridgehead atoms. The van der Waals surface area contributed by atoms with Crippen molar-refractivity contribution >= 4 is 15.9 Å². The number of likely N-dealkylation sites (tertiary alicyclic amines) is 1. The molecular formula is C21H31N3O4S. The highest BCUT2D eigenvalue weighted by atomic mass is 32.2. The Morgan fingerprint density at radius 2 is 1.66 bits per heavy atom. The zero-order chi connectivity index (χ0) is 20.3. The lowest BCUT2D eigenvalue weighted by Crippen LogP contribution is -2.56. The monoisotopic (exact) mass is 421 g/mol. The van der Waals surface area contributed by atoms with Gasteiger partial charge in [0, 0.05) is 45.4 Å². The summed E-state index contributed by atoms with van der Waals surface area (Å²) >= 11 is 0. The van der Waals surface area contributed by atoms with Gasteiger partial charge in [0.25, 0.3) is 0 Å². The zero-order valence-corrected chi connectivity index (χ0v) is 17.7. The highest BCUT2D eigenvalue weighted by molar-refractivity contribution is 7.88. The van der Waals surface area contributed by atoms with Gasteiger partial charge in [0.15, 0.2) is 0 Å². The minimum absolute atomic E-state index is 0.0158. The van der Waals surface area contributed by atoms with E-state index in [0.717, 1.165) is 51.0 Å². The Morgan fingerprint density at radius 1 is 0.966 bits per heavy atom. The van der Waals surface area contributed by atoms with Gasteiger partial charge >= 0.3 is 0 Å². The van der Waals surface area contributed by atoms with Crippen LogP contribution in [0.2, 0.25) is 0 Å². The third-order valence-corrected chi connectivity index (χ3v) is 8.22. The molecule has 0 spiro atoms. The van der Waals surface area contributed by atoms with Gasteiger partial charge in [0.05, 0.1) is 11.8 Å². The Kier molecular flexibility index (Phi) is 6.53. The summed E-state index contributed by atoms with van der Waals surface area (Å²) < 4.78 is 32.5. The number of carbonyl (C=O) groups is 1. The molecule has 0 N–H and O–H groups in total. The van der Waals surface area contributed by atoms with Crippen LogP contribution in [0.3, 0.4) is 0 Å². The number of benzene rings is 1. The predicted octanol–water partition coefficient (Wildman–Crippen LogP) is 1.30. The summed E-state index contributed by atoms with van der Waals surface area (Å²) in [6.45, 7) is 4.25. The van der Waals surface area contributed by atoms with Crippen molar-refractivity contribution in [1.29, 1.82) is 0 Å². The minimum atomic E-state index is -3.36. The van der Waals surface area contributed by atoms with Crippen molar-refractivity contribution in [3.8, 4) is 0 Å². The van der Waals surface area contributed by atoms with Crippen LogP contribution in [-0.2, 0) is 25.3 Å². The fraction of sp³-hybridized carbons (Fsp3) is 0.667. The second-order valence-corrected chi connectivity index (χ2v) is 10.2. The summed E-state index contributed by atoms with van der Waals surface area (Å²) in [5.74, 6) is 0.191. The van der Waals surface area contributed by atoms with Crippen LogP contribution in [0.25, 0.3) is 0 Å². The molecule has 8 heteroatoms. The van der Waals surface area contributed by atoms with Crippen LogP contribution in [0.15, 0.2) is 30.3 Å². The smallest absolute Gasteiger partial charge is 0.240 e. The highest BCUT2D eigenvalue weighted by Crippen LogP contribution is 2.27. The molecule has 7 nitrogen and oxygen atoms in total. The number of nitrogens with zero attached hydrogens (tertiary/aromatic N) is 3. The highest BCUT2D eigenvalue weighted by Gasteiger charge is 2.39. The maximum atomic E-state index is 13.2. The van der Waals surface area contributed by atoms with Gasteiger partial charge in [-0.15, -0.1) is 0 Å². The standard InChI is InChI=1S/C21H31N3O4S/c25-21(20-7-4-10-24(20)19-8-15-28-16-9-19)22-11-13-23(14-12-22)29(26,27)17-18-5-2-1-3-6-18/h1-3,5-6,19-20H,4,7-17H2. The number of ether oxygens (including phenoxy) is 1. The van der Waals surface area contributed by atoms with Gasteiger partial charge in [-0.1, -0.05) is 30.3 Å². The molecule has 1 amide bonds. The lowest BCUT2D eigenvalue weighted by Gasteiger charge is -2.39. The van der Waals surface area contributed by atoms with Gasteiger partial charge in [-0.3, -0.25) is 9.69 Å². The molecule has 1 aromatic carbocycles. The first-order valence-electron chi connectivity index (χ1n) is 10.7. The summed E-state index contributed by atoms with van der Waals surface area (Å²) in [5, 5.41) is 0. The number of rotatable bonds is 5. The van der Waals surface area contributed by atoms with Crippen molar-refractivity contribution in [2.75, 3.05) is 45.9 Å². The zero-order valence-electron chi connectivity index (χ0n) is 16.9. The lowest BCUT2D eigenvalue weighted by molar-refractivity contribution is -0.138. The Balaban J connectivity index is 1.33. The van der Waals surface area contributed by atoms with Crippen molar-refractivity contribution in [2.24, 2.45) is 0 Å². The largest absolute Gasteiger partial charge is 0.381 e. The van der Waals surface area contributed by atoms with E-state index in [0.29, 0.717) is 32.2 Å². The molecule has 0 aromatic heterocycles.